The number of sulfone groups is 1. The second-order valence-electron chi connectivity index (χ2n) is 10.5. The Hall–Kier alpha value is -3.70. The predicted molar refractivity (Wildman–Crippen MR) is 153 cm³/mol. The number of carbonyl (C=O) groups is 2. The number of alkyl halides is 3. The van der Waals surface area contributed by atoms with Crippen LogP contribution in [0.1, 0.15) is 65.7 Å². The van der Waals surface area contributed by atoms with E-state index in [0.29, 0.717) is 24.1 Å². The molecule has 224 valence electrons. The number of rotatable bonds is 10. The van der Waals surface area contributed by atoms with Gasteiger partial charge >= 0.3 is 6.18 Å². The Balaban J connectivity index is 1.47. The number of amides is 1. The van der Waals surface area contributed by atoms with Gasteiger partial charge in [-0.05, 0) is 73.0 Å². The zero-order chi connectivity index (χ0) is 30.7. The van der Waals surface area contributed by atoms with Crippen LogP contribution in [0.25, 0.3) is 0 Å². The monoisotopic (exact) mass is 602 g/mol. The number of benzene rings is 3. The third-order valence-corrected chi connectivity index (χ3v) is 9.37. The molecular weight excluding hydrogens is 569 g/mol. The summed E-state index contributed by atoms with van der Waals surface area (Å²) in [6.45, 7) is 3.17. The third kappa shape index (κ3) is 7.19. The molecular formula is C31H33F3N2O5S. The number of ketones is 1. The van der Waals surface area contributed by atoms with Crippen molar-refractivity contribution in [2.24, 2.45) is 0 Å². The van der Waals surface area contributed by atoms with Crippen LogP contribution in [-0.4, -0.2) is 50.2 Å². The standard InChI is InChI=1S/C31H33F3N2O5S/c1-3-42(40,41)28-14-8-22(9-15-28)29(19-37)35-30(39)23-6-12-26(13-7-23)36-18-24(17-27(36)16-20(2)38)21-4-10-25(11-5-21)31(32,33)34/h4-15,24,27,29,37H,3,16-19H2,1-2H3,(H,35,39)/t24?,27-,29+/m1/s1. The van der Waals surface area contributed by atoms with E-state index in [1.54, 1.807) is 43.3 Å². The number of nitrogens with zero attached hydrogens (tertiary/aromatic N) is 1. The lowest BCUT2D eigenvalue weighted by atomic mass is 9.94. The van der Waals surface area contributed by atoms with E-state index in [2.05, 4.69) is 5.32 Å². The van der Waals surface area contributed by atoms with Crippen molar-refractivity contribution < 1.29 is 36.3 Å². The number of hydrogen-bond acceptors (Lipinski definition) is 6. The molecule has 4 rings (SSSR count). The van der Waals surface area contributed by atoms with Gasteiger partial charge in [-0.2, -0.15) is 13.2 Å². The highest BCUT2D eigenvalue weighted by molar-refractivity contribution is 7.91. The van der Waals surface area contributed by atoms with E-state index in [4.69, 9.17) is 0 Å². The fourth-order valence-corrected chi connectivity index (χ4v) is 6.18. The van der Waals surface area contributed by atoms with E-state index in [-0.39, 0.29) is 34.8 Å². The summed E-state index contributed by atoms with van der Waals surface area (Å²) in [5.74, 6) is -0.534. The van der Waals surface area contributed by atoms with Crippen molar-refractivity contribution in [3.8, 4) is 0 Å². The Morgan fingerprint density at radius 3 is 2.14 bits per heavy atom. The molecule has 0 aromatic heterocycles. The smallest absolute Gasteiger partial charge is 0.394 e. The summed E-state index contributed by atoms with van der Waals surface area (Å²) in [4.78, 5) is 27.2. The van der Waals surface area contributed by atoms with Crippen molar-refractivity contribution >= 4 is 27.2 Å². The Morgan fingerprint density at radius 2 is 1.62 bits per heavy atom. The van der Waals surface area contributed by atoms with Gasteiger partial charge in [0, 0.05) is 36.2 Å². The van der Waals surface area contributed by atoms with Crippen LogP contribution in [-0.2, 0) is 20.8 Å². The second-order valence-corrected chi connectivity index (χ2v) is 12.8. The van der Waals surface area contributed by atoms with Gasteiger partial charge < -0.3 is 15.3 Å². The van der Waals surface area contributed by atoms with Crippen molar-refractivity contribution in [3.05, 3.63) is 95.1 Å². The summed E-state index contributed by atoms with van der Waals surface area (Å²) in [6, 6.07) is 17.0. The van der Waals surface area contributed by atoms with Gasteiger partial charge in [0.2, 0.25) is 0 Å². The van der Waals surface area contributed by atoms with E-state index >= 15 is 0 Å². The molecule has 3 atom stereocenters. The van der Waals surface area contributed by atoms with Gasteiger partial charge in [-0.3, -0.25) is 9.59 Å². The highest BCUT2D eigenvalue weighted by atomic mass is 32.2. The van der Waals surface area contributed by atoms with Crippen LogP contribution in [0.3, 0.4) is 0 Å². The topological polar surface area (TPSA) is 104 Å². The minimum Gasteiger partial charge on any atom is -0.394 e. The Morgan fingerprint density at radius 1 is 1.00 bits per heavy atom. The molecule has 3 aromatic carbocycles. The van der Waals surface area contributed by atoms with Crippen LogP contribution in [0, 0.1) is 0 Å². The molecule has 0 radical (unpaired) electrons. The van der Waals surface area contributed by atoms with Crippen molar-refractivity contribution in [1.82, 2.24) is 5.32 Å². The molecule has 0 aliphatic carbocycles. The Kier molecular flexibility index (Phi) is 9.42. The van der Waals surface area contributed by atoms with Crippen LogP contribution in [0.2, 0.25) is 0 Å². The van der Waals surface area contributed by atoms with Crippen molar-refractivity contribution in [3.63, 3.8) is 0 Å². The van der Waals surface area contributed by atoms with Gasteiger partial charge in [-0.15, -0.1) is 0 Å². The number of nitrogens with one attached hydrogen (secondary N) is 1. The van der Waals surface area contributed by atoms with Gasteiger partial charge in [-0.25, -0.2) is 8.42 Å². The average molecular weight is 603 g/mol. The summed E-state index contributed by atoms with van der Waals surface area (Å²) < 4.78 is 63.2. The van der Waals surface area contributed by atoms with E-state index < -0.39 is 40.1 Å². The first kappa shape index (κ1) is 31.2. The number of aliphatic hydroxyl groups is 1. The molecule has 11 heteroatoms. The zero-order valence-corrected chi connectivity index (χ0v) is 24.1. The molecule has 0 bridgehead atoms. The molecule has 1 saturated heterocycles. The molecule has 1 amide bonds. The SMILES string of the molecule is CCS(=O)(=O)c1ccc([C@H](CO)NC(=O)c2ccc(N3CC(c4ccc(C(F)(F)F)cc4)C[C@H]3CC(C)=O)cc2)cc1. The lowest BCUT2D eigenvalue weighted by Gasteiger charge is -2.26. The highest BCUT2D eigenvalue weighted by Crippen LogP contribution is 2.38. The normalized spacial score (nSPS) is 18.1. The average Bonchev–Trinajstić information content (AvgIpc) is 3.38. The van der Waals surface area contributed by atoms with E-state index in [9.17, 15) is 36.3 Å². The van der Waals surface area contributed by atoms with Crippen LogP contribution in [0.4, 0.5) is 18.9 Å². The zero-order valence-electron chi connectivity index (χ0n) is 23.3. The van der Waals surface area contributed by atoms with E-state index in [1.165, 1.54) is 31.2 Å². The van der Waals surface area contributed by atoms with Crippen molar-refractivity contribution in [2.75, 3.05) is 23.8 Å². The first-order chi connectivity index (χ1) is 19.8. The molecule has 42 heavy (non-hydrogen) atoms. The van der Waals surface area contributed by atoms with Crippen molar-refractivity contribution in [1.29, 1.82) is 0 Å². The van der Waals surface area contributed by atoms with Crippen molar-refractivity contribution in [2.45, 2.75) is 55.8 Å². The number of anilines is 1. The summed E-state index contributed by atoms with van der Waals surface area (Å²) in [7, 11) is -3.38. The summed E-state index contributed by atoms with van der Waals surface area (Å²) in [5, 5.41) is 12.7. The molecule has 7 nitrogen and oxygen atoms in total. The maximum Gasteiger partial charge on any atom is 0.416 e. The van der Waals surface area contributed by atoms with Gasteiger partial charge in [0.25, 0.3) is 5.91 Å². The third-order valence-electron chi connectivity index (χ3n) is 7.62. The molecule has 1 unspecified atom stereocenters. The molecule has 1 aliphatic heterocycles. The Labute approximate surface area is 243 Å². The number of Topliss-reactive ketones (excluding diaryl/α,β-unsaturated/α-hetero) is 1. The van der Waals surface area contributed by atoms with Crippen LogP contribution >= 0.6 is 0 Å². The Bertz CT molecular complexity index is 1510. The lowest BCUT2D eigenvalue weighted by Crippen LogP contribution is -2.32. The predicted octanol–water partition coefficient (Wildman–Crippen LogP) is 5.30. The van der Waals surface area contributed by atoms with Gasteiger partial charge in [0.1, 0.15) is 5.78 Å². The highest BCUT2D eigenvalue weighted by Gasteiger charge is 2.35. The van der Waals surface area contributed by atoms with Gasteiger partial charge in [-0.1, -0.05) is 31.2 Å². The largest absolute Gasteiger partial charge is 0.416 e. The summed E-state index contributed by atoms with van der Waals surface area (Å²) in [5.41, 5.74) is 1.73. The minimum absolute atomic E-state index is 0.00411. The van der Waals surface area contributed by atoms with Crippen LogP contribution in [0.5, 0.6) is 0 Å². The molecule has 0 spiro atoms. The van der Waals surface area contributed by atoms with Crippen LogP contribution in [0.15, 0.2) is 77.7 Å². The van der Waals surface area contributed by atoms with E-state index in [0.717, 1.165) is 23.4 Å². The van der Waals surface area contributed by atoms with Gasteiger partial charge in [0.05, 0.1) is 28.9 Å². The first-order valence-corrected chi connectivity index (χ1v) is 15.2. The number of hydrogen-bond donors (Lipinski definition) is 2. The molecule has 2 N–H and O–H groups in total. The minimum atomic E-state index is -4.41. The first-order valence-electron chi connectivity index (χ1n) is 13.6. The summed E-state index contributed by atoms with van der Waals surface area (Å²) in [6.07, 6.45) is -3.52. The number of aliphatic hydroxyl groups excluding tert-OH is 1. The fraction of sp³-hybridized carbons (Fsp3) is 0.355. The number of carbonyl (C=O) groups excluding carboxylic acids is 2. The summed E-state index contributed by atoms with van der Waals surface area (Å²) >= 11 is 0. The lowest BCUT2D eigenvalue weighted by molar-refractivity contribution is -0.137. The van der Waals surface area contributed by atoms with E-state index in [1.807, 2.05) is 4.90 Å². The number of halogens is 3. The molecule has 1 aliphatic rings. The molecule has 0 saturated carbocycles. The maximum atomic E-state index is 13.0. The quantitative estimate of drug-likeness (QED) is 0.326. The maximum absolute atomic E-state index is 13.0. The molecule has 1 heterocycles. The van der Waals surface area contributed by atoms with Gasteiger partial charge in [0.15, 0.2) is 9.84 Å². The molecule has 1 fully saturated rings. The van der Waals surface area contributed by atoms with Crippen LogP contribution < -0.4 is 10.2 Å². The second kappa shape index (κ2) is 12.7. The fourth-order valence-electron chi connectivity index (χ4n) is 5.30. The molecule has 3 aromatic rings.